The second-order valence-corrected chi connectivity index (χ2v) is 9.99. The van der Waals surface area contributed by atoms with Crippen molar-refractivity contribution in [2.45, 2.75) is 155 Å². The van der Waals surface area contributed by atoms with Gasteiger partial charge in [0.2, 0.25) is 0 Å². The molecule has 0 N–H and O–H groups in total. The molecule has 0 amide bonds. The highest BCUT2D eigenvalue weighted by Crippen LogP contribution is 2.09. The molecular formula is C32H58O4. The van der Waals surface area contributed by atoms with Crippen molar-refractivity contribution < 1.29 is 19.1 Å². The number of hydrogen-bond acceptors (Lipinski definition) is 4. The van der Waals surface area contributed by atoms with Crippen LogP contribution in [0, 0.1) is 0 Å². The third-order valence-electron chi connectivity index (χ3n) is 6.37. The van der Waals surface area contributed by atoms with Crippen LogP contribution in [-0.2, 0) is 19.1 Å². The van der Waals surface area contributed by atoms with Crippen LogP contribution in [-0.4, -0.2) is 25.2 Å². The van der Waals surface area contributed by atoms with Crippen LogP contribution in [0.15, 0.2) is 24.3 Å². The quantitative estimate of drug-likeness (QED) is 0.0632. The summed E-state index contributed by atoms with van der Waals surface area (Å²) in [5.41, 5.74) is 0. The van der Waals surface area contributed by atoms with Crippen molar-refractivity contribution in [1.29, 1.82) is 0 Å². The molecule has 0 aliphatic rings. The Morgan fingerprint density at radius 3 is 1.08 bits per heavy atom. The Balaban J connectivity index is 3.37. The fraction of sp³-hybridized carbons (Fsp3) is 0.812. The second kappa shape index (κ2) is 29.6. The lowest BCUT2D eigenvalue weighted by Crippen LogP contribution is -2.11. The normalized spacial score (nSPS) is 11.5. The molecule has 4 heteroatoms. The summed E-state index contributed by atoms with van der Waals surface area (Å²) in [6, 6.07) is 0. The summed E-state index contributed by atoms with van der Waals surface area (Å²) in [5, 5.41) is 0. The van der Waals surface area contributed by atoms with Gasteiger partial charge in [0.1, 0.15) is 0 Å². The largest absolute Gasteiger partial charge is 0.466 e. The fourth-order valence-electron chi connectivity index (χ4n) is 4.01. The van der Waals surface area contributed by atoms with Gasteiger partial charge in [-0.05, 0) is 64.2 Å². The molecule has 0 spiro atoms. The first-order valence-electron chi connectivity index (χ1n) is 15.3. The van der Waals surface area contributed by atoms with Gasteiger partial charge in [0, 0.05) is 0 Å². The Hall–Kier alpha value is -1.58. The van der Waals surface area contributed by atoms with Crippen LogP contribution >= 0.6 is 0 Å². The SMILES string of the molecule is CCCCCC/C=C/CCCCCCOC(=O)CCC(=O)OCCCCCC/C=C/CCCCCC. The number of ether oxygens (including phenoxy) is 2. The van der Waals surface area contributed by atoms with Gasteiger partial charge in [0.15, 0.2) is 0 Å². The van der Waals surface area contributed by atoms with E-state index in [0.717, 1.165) is 38.5 Å². The number of carbonyl (C=O) groups is 2. The van der Waals surface area contributed by atoms with Gasteiger partial charge >= 0.3 is 11.9 Å². The summed E-state index contributed by atoms with van der Waals surface area (Å²) in [6.45, 7) is 5.39. The highest BCUT2D eigenvalue weighted by atomic mass is 16.5. The number of hydrogen-bond donors (Lipinski definition) is 0. The van der Waals surface area contributed by atoms with Crippen molar-refractivity contribution in [1.82, 2.24) is 0 Å². The van der Waals surface area contributed by atoms with E-state index in [9.17, 15) is 9.59 Å². The van der Waals surface area contributed by atoms with Crippen LogP contribution in [0.5, 0.6) is 0 Å². The Kier molecular flexibility index (Phi) is 28.3. The van der Waals surface area contributed by atoms with Crippen LogP contribution in [0.2, 0.25) is 0 Å². The minimum absolute atomic E-state index is 0.118. The summed E-state index contributed by atoms with van der Waals surface area (Å²) in [6.07, 6.45) is 33.5. The molecule has 0 atom stereocenters. The Labute approximate surface area is 223 Å². The van der Waals surface area contributed by atoms with Crippen molar-refractivity contribution in [2.24, 2.45) is 0 Å². The minimum Gasteiger partial charge on any atom is -0.466 e. The Morgan fingerprint density at radius 2 is 0.750 bits per heavy atom. The van der Waals surface area contributed by atoms with E-state index >= 15 is 0 Å². The van der Waals surface area contributed by atoms with Crippen LogP contribution < -0.4 is 0 Å². The predicted octanol–water partition coefficient (Wildman–Crippen LogP) is 9.81. The third kappa shape index (κ3) is 28.7. The van der Waals surface area contributed by atoms with E-state index in [1.165, 1.54) is 89.9 Å². The molecule has 0 aromatic rings. The molecule has 0 bridgehead atoms. The van der Waals surface area contributed by atoms with E-state index in [1.54, 1.807) is 0 Å². The smallest absolute Gasteiger partial charge is 0.306 e. The molecule has 0 aliphatic carbocycles. The van der Waals surface area contributed by atoms with Crippen molar-refractivity contribution >= 4 is 11.9 Å². The molecule has 0 aliphatic heterocycles. The Bertz CT molecular complexity index is 490. The number of allylic oxidation sites excluding steroid dienone is 4. The number of rotatable bonds is 27. The van der Waals surface area contributed by atoms with E-state index in [-0.39, 0.29) is 24.8 Å². The standard InChI is InChI=1S/C32H58O4/c1-3-5-7-9-11-13-15-17-19-21-23-25-29-35-31(33)27-28-32(34)36-30-26-24-22-20-18-16-14-12-10-8-6-4-2/h13-16H,3-12,17-30H2,1-2H3/b15-13+,16-14+. The van der Waals surface area contributed by atoms with Crippen molar-refractivity contribution in [2.75, 3.05) is 13.2 Å². The van der Waals surface area contributed by atoms with Gasteiger partial charge < -0.3 is 9.47 Å². The first kappa shape index (κ1) is 34.4. The molecule has 0 unspecified atom stereocenters. The van der Waals surface area contributed by atoms with E-state index in [0.29, 0.717) is 13.2 Å². The maximum atomic E-state index is 11.8. The average molecular weight is 507 g/mol. The lowest BCUT2D eigenvalue weighted by Gasteiger charge is -2.06. The van der Waals surface area contributed by atoms with Crippen molar-refractivity contribution in [3.63, 3.8) is 0 Å². The molecule has 0 heterocycles. The van der Waals surface area contributed by atoms with Gasteiger partial charge in [-0.15, -0.1) is 0 Å². The first-order valence-corrected chi connectivity index (χ1v) is 15.3. The van der Waals surface area contributed by atoms with E-state index in [4.69, 9.17) is 9.47 Å². The molecule has 0 aromatic carbocycles. The van der Waals surface area contributed by atoms with Gasteiger partial charge in [0.05, 0.1) is 26.1 Å². The maximum absolute atomic E-state index is 11.8. The van der Waals surface area contributed by atoms with Gasteiger partial charge in [-0.2, -0.15) is 0 Å². The molecular weight excluding hydrogens is 448 g/mol. The zero-order valence-corrected chi connectivity index (χ0v) is 23.9. The summed E-state index contributed by atoms with van der Waals surface area (Å²) in [4.78, 5) is 23.6. The second-order valence-electron chi connectivity index (χ2n) is 9.99. The summed E-state index contributed by atoms with van der Waals surface area (Å²) in [7, 11) is 0. The molecule has 36 heavy (non-hydrogen) atoms. The van der Waals surface area contributed by atoms with Crippen LogP contribution in [0.3, 0.4) is 0 Å². The molecule has 210 valence electrons. The molecule has 0 saturated heterocycles. The highest BCUT2D eigenvalue weighted by Gasteiger charge is 2.09. The Morgan fingerprint density at radius 1 is 0.444 bits per heavy atom. The molecule has 0 saturated carbocycles. The average Bonchev–Trinajstić information content (AvgIpc) is 2.88. The van der Waals surface area contributed by atoms with Crippen LogP contribution in [0.1, 0.15) is 155 Å². The van der Waals surface area contributed by atoms with Gasteiger partial charge in [0.25, 0.3) is 0 Å². The van der Waals surface area contributed by atoms with Gasteiger partial charge in [-0.1, -0.05) is 102 Å². The molecule has 0 rings (SSSR count). The monoisotopic (exact) mass is 506 g/mol. The summed E-state index contributed by atoms with van der Waals surface area (Å²) < 4.78 is 10.5. The zero-order chi connectivity index (χ0) is 26.4. The molecule has 0 radical (unpaired) electrons. The lowest BCUT2D eigenvalue weighted by atomic mass is 10.1. The minimum atomic E-state index is -0.295. The van der Waals surface area contributed by atoms with Gasteiger partial charge in [-0.3, -0.25) is 9.59 Å². The predicted molar refractivity (Wildman–Crippen MR) is 153 cm³/mol. The highest BCUT2D eigenvalue weighted by molar-refractivity contribution is 5.77. The summed E-state index contributed by atoms with van der Waals surface area (Å²) >= 11 is 0. The van der Waals surface area contributed by atoms with Gasteiger partial charge in [-0.25, -0.2) is 0 Å². The van der Waals surface area contributed by atoms with Crippen molar-refractivity contribution in [3.05, 3.63) is 24.3 Å². The van der Waals surface area contributed by atoms with Crippen LogP contribution in [0.25, 0.3) is 0 Å². The topological polar surface area (TPSA) is 52.6 Å². The maximum Gasteiger partial charge on any atom is 0.306 e. The third-order valence-corrected chi connectivity index (χ3v) is 6.37. The van der Waals surface area contributed by atoms with E-state index in [2.05, 4.69) is 38.2 Å². The lowest BCUT2D eigenvalue weighted by molar-refractivity contribution is -0.150. The number of carbonyl (C=O) groups excluding carboxylic acids is 2. The first-order chi connectivity index (χ1) is 17.7. The van der Waals surface area contributed by atoms with Crippen LogP contribution in [0.4, 0.5) is 0 Å². The van der Waals surface area contributed by atoms with E-state index in [1.807, 2.05) is 0 Å². The molecule has 4 nitrogen and oxygen atoms in total. The zero-order valence-electron chi connectivity index (χ0n) is 23.9. The molecule has 0 aromatic heterocycles. The molecule has 0 fully saturated rings. The number of esters is 2. The van der Waals surface area contributed by atoms with E-state index < -0.39 is 0 Å². The summed E-state index contributed by atoms with van der Waals surface area (Å²) in [5.74, 6) is -0.590. The fourth-order valence-corrected chi connectivity index (χ4v) is 4.01. The number of unbranched alkanes of at least 4 members (excludes halogenated alkanes) is 16. The van der Waals surface area contributed by atoms with Crippen molar-refractivity contribution in [3.8, 4) is 0 Å².